The number of imide groups is 1. The maximum atomic E-state index is 12.1. The molecular formula is C14H13NO4S. The van der Waals surface area contributed by atoms with Crippen LogP contribution in [0.5, 0.6) is 11.5 Å². The minimum Gasteiger partial charge on any atom is -0.504 e. The Morgan fingerprint density at radius 3 is 2.65 bits per heavy atom. The first-order chi connectivity index (χ1) is 9.52. The van der Waals surface area contributed by atoms with E-state index in [0.29, 0.717) is 17.1 Å². The highest BCUT2D eigenvalue weighted by atomic mass is 32.2. The summed E-state index contributed by atoms with van der Waals surface area (Å²) < 4.78 is 5.11. The zero-order valence-electron chi connectivity index (χ0n) is 11.1. The van der Waals surface area contributed by atoms with E-state index in [1.165, 1.54) is 14.2 Å². The van der Waals surface area contributed by atoms with E-state index in [1.54, 1.807) is 12.1 Å². The van der Waals surface area contributed by atoms with E-state index in [0.717, 1.165) is 39.8 Å². The molecular weight excluding hydrogens is 278 g/mol. The van der Waals surface area contributed by atoms with Crippen molar-refractivity contribution >= 4 is 28.5 Å². The number of aromatic hydroxyl groups is 1. The summed E-state index contributed by atoms with van der Waals surface area (Å²) in [7, 11) is 2.97. The lowest BCUT2D eigenvalue weighted by Gasteiger charge is -2.08. The minimum absolute atomic E-state index is 0.0936. The lowest BCUT2D eigenvalue weighted by molar-refractivity contribution is -0.121. The first-order valence-electron chi connectivity index (χ1n) is 6.16. The molecule has 1 fully saturated rings. The Morgan fingerprint density at radius 1 is 1.30 bits per heavy atom. The molecule has 1 heterocycles. The molecule has 104 valence electrons. The number of phenolic OH excluding ortho intramolecular Hbond substituents is 1. The zero-order valence-corrected chi connectivity index (χ0v) is 11.9. The molecule has 3 rings (SSSR count). The number of aryl methyl sites for hydroxylation is 1. The summed E-state index contributed by atoms with van der Waals surface area (Å²) in [5.41, 5.74) is 2.73. The van der Waals surface area contributed by atoms with Crippen LogP contribution in [0.1, 0.15) is 17.5 Å². The van der Waals surface area contributed by atoms with Gasteiger partial charge in [0.15, 0.2) is 11.5 Å². The Morgan fingerprint density at radius 2 is 2.05 bits per heavy atom. The Labute approximate surface area is 120 Å². The zero-order chi connectivity index (χ0) is 14.4. The van der Waals surface area contributed by atoms with Gasteiger partial charge >= 0.3 is 0 Å². The van der Waals surface area contributed by atoms with Crippen molar-refractivity contribution < 1.29 is 19.4 Å². The van der Waals surface area contributed by atoms with Gasteiger partial charge in [0.25, 0.3) is 11.1 Å². The van der Waals surface area contributed by atoms with Crippen LogP contribution in [0.3, 0.4) is 0 Å². The highest BCUT2D eigenvalue weighted by Crippen LogP contribution is 2.45. The Kier molecular flexibility index (Phi) is 2.97. The van der Waals surface area contributed by atoms with Gasteiger partial charge in [0.05, 0.1) is 12.0 Å². The maximum absolute atomic E-state index is 12.1. The van der Waals surface area contributed by atoms with Gasteiger partial charge in [0.2, 0.25) is 0 Å². The predicted octanol–water partition coefficient (Wildman–Crippen LogP) is 2.38. The van der Waals surface area contributed by atoms with E-state index in [-0.39, 0.29) is 16.9 Å². The summed E-state index contributed by atoms with van der Waals surface area (Å²) in [5.74, 6) is 0.213. The van der Waals surface area contributed by atoms with Gasteiger partial charge in [-0.3, -0.25) is 14.5 Å². The van der Waals surface area contributed by atoms with Crippen LogP contribution >= 0.6 is 11.8 Å². The summed E-state index contributed by atoms with van der Waals surface area (Å²) in [6.45, 7) is 0. The second-order valence-corrected chi connectivity index (χ2v) is 5.68. The molecule has 0 radical (unpaired) electrons. The molecule has 20 heavy (non-hydrogen) atoms. The molecule has 1 saturated heterocycles. The average molecular weight is 291 g/mol. The third-order valence-electron chi connectivity index (χ3n) is 3.61. The number of fused-ring (bicyclic) bond motifs is 1. The van der Waals surface area contributed by atoms with E-state index < -0.39 is 0 Å². The van der Waals surface area contributed by atoms with Gasteiger partial charge in [-0.2, -0.15) is 0 Å². The fourth-order valence-electron chi connectivity index (χ4n) is 2.52. The van der Waals surface area contributed by atoms with Crippen molar-refractivity contribution in [3.05, 3.63) is 28.2 Å². The molecule has 0 bridgehead atoms. The smallest absolute Gasteiger partial charge is 0.293 e. The number of hydrogen-bond donors (Lipinski definition) is 1. The maximum Gasteiger partial charge on any atom is 0.293 e. The van der Waals surface area contributed by atoms with Crippen molar-refractivity contribution in [1.29, 1.82) is 0 Å². The van der Waals surface area contributed by atoms with Crippen molar-refractivity contribution in [3.8, 4) is 11.5 Å². The molecule has 1 aromatic rings. The lowest BCUT2D eigenvalue weighted by atomic mass is 10.1. The van der Waals surface area contributed by atoms with Crippen LogP contribution in [0.15, 0.2) is 17.0 Å². The molecule has 1 aliphatic heterocycles. The number of ether oxygens (including phenoxy) is 1. The standard InChI is InChI=1S/C14H13NO4S/c1-15-13(17)12(20-14(15)18)8-4-3-7-5-10(16)11(19-2)6-9(7)8/h5-6,16H,3-4H2,1-2H3/b12-8-. The molecule has 1 aromatic carbocycles. The third kappa shape index (κ3) is 1.79. The minimum atomic E-state index is -0.255. The molecule has 6 heteroatoms. The number of likely N-dealkylation sites (N-methyl/N-ethyl adjacent to an activating group) is 1. The quantitative estimate of drug-likeness (QED) is 0.805. The number of amides is 2. The highest BCUT2D eigenvalue weighted by molar-refractivity contribution is 8.18. The summed E-state index contributed by atoms with van der Waals surface area (Å²) in [5, 5.41) is 9.53. The van der Waals surface area contributed by atoms with E-state index in [9.17, 15) is 14.7 Å². The number of hydrogen-bond acceptors (Lipinski definition) is 5. The average Bonchev–Trinajstić information content (AvgIpc) is 2.94. The molecule has 0 saturated carbocycles. The SMILES string of the molecule is COc1cc2c(cc1O)CC/C2=C1/SC(=O)N(C)C1=O. The summed E-state index contributed by atoms with van der Waals surface area (Å²) >= 11 is 0.974. The van der Waals surface area contributed by atoms with Gasteiger partial charge < -0.3 is 9.84 Å². The Hall–Kier alpha value is -1.95. The van der Waals surface area contributed by atoms with Crippen LogP contribution in [0.25, 0.3) is 5.57 Å². The first kappa shape index (κ1) is 13.1. The van der Waals surface area contributed by atoms with Gasteiger partial charge in [-0.25, -0.2) is 0 Å². The fraction of sp³-hybridized carbons (Fsp3) is 0.286. The highest BCUT2D eigenvalue weighted by Gasteiger charge is 2.36. The van der Waals surface area contributed by atoms with E-state index in [4.69, 9.17) is 4.74 Å². The number of allylic oxidation sites excluding steroid dienone is 1. The van der Waals surface area contributed by atoms with E-state index in [2.05, 4.69) is 0 Å². The largest absolute Gasteiger partial charge is 0.504 e. The second kappa shape index (κ2) is 4.56. The first-order valence-corrected chi connectivity index (χ1v) is 6.98. The molecule has 1 N–H and O–H groups in total. The van der Waals surface area contributed by atoms with Crippen molar-refractivity contribution in [2.45, 2.75) is 12.8 Å². The van der Waals surface area contributed by atoms with Crippen molar-refractivity contribution in [2.24, 2.45) is 0 Å². The molecule has 0 aromatic heterocycles. The lowest BCUT2D eigenvalue weighted by Crippen LogP contribution is -2.22. The number of carbonyl (C=O) groups excluding carboxylic acids is 2. The van der Waals surface area contributed by atoms with Gasteiger partial charge in [0, 0.05) is 7.05 Å². The van der Waals surface area contributed by atoms with Crippen LogP contribution < -0.4 is 4.74 Å². The molecule has 0 atom stereocenters. The topological polar surface area (TPSA) is 66.8 Å². The van der Waals surface area contributed by atoms with Crippen molar-refractivity contribution in [1.82, 2.24) is 4.90 Å². The van der Waals surface area contributed by atoms with Gasteiger partial charge in [-0.1, -0.05) is 0 Å². The van der Waals surface area contributed by atoms with Gasteiger partial charge in [-0.15, -0.1) is 0 Å². The van der Waals surface area contributed by atoms with E-state index >= 15 is 0 Å². The number of rotatable bonds is 1. The van der Waals surface area contributed by atoms with Crippen LogP contribution in [-0.4, -0.2) is 35.3 Å². The molecule has 0 unspecified atom stereocenters. The van der Waals surface area contributed by atoms with Gasteiger partial charge in [0.1, 0.15) is 0 Å². The number of benzene rings is 1. The Balaban J connectivity index is 2.14. The van der Waals surface area contributed by atoms with Crippen LogP contribution in [-0.2, 0) is 11.2 Å². The van der Waals surface area contributed by atoms with Crippen molar-refractivity contribution in [3.63, 3.8) is 0 Å². The summed E-state index contributed by atoms with van der Waals surface area (Å²) in [6.07, 6.45) is 1.44. The molecule has 5 nitrogen and oxygen atoms in total. The number of nitrogens with zero attached hydrogens (tertiary/aromatic N) is 1. The molecule has 1 aliphatic carbocycles. The van der Waals surface area contributed by atoms with Crippen LogP contribution in [0.4, 0.5) is 4.79 Å². The van der Waals surface area contributed by atoms with Crippen molar-refractivity contribution in [2.75, 3.05) is 14.2 Å². The van der Waals surface area contributed by atoms with Crippen LogP contribution in [0.2, 0.25) is 0 Å². The summed E-state index contributed by atoms with van der Waals surface area (Å²) in [4.78, 5) is 25.3. The fourth-order valence-corrected chi connectivity index (χ4v) is 3.47. The van der Waals surface area contributed by atoms with Gasteiger partial charge in [-0.05, 0) is 53.4 Å². The third-order valence-corrected chi connectivity index (χ3v) is 4.68. The Bertz CT molecular complexity index is 665. The number of carbonyl (C=O) groups is 2. The van der Waals surface area contributed by atoms with E-state index in [1.807, 2.05) is 0 Å². The summed E-state index contributed by atoms with van der Waals surface area (Å²) in [6, 6.07) is 3.40. The number of phenols is 1. The molecule has 2 aliphatic rings. The number of methoxy groups -OCH3 is 1. The molecule has 0 spiro atoms. The predicted molar refractivity (Wildman–Crippen MR) is 75.7 cm³/mol. The van der Waals surface area contributed by atoms with Crippen LogP contribution in [0, 0.1) is 0 Å². The number of thioether (sulfide) groups is 1. The second-order valence-electron chi connectivity index (χ2n) is 4.72. The molecule has 2 amide bonds. The normalized spacial score (nSPS) is 21.6. The monoisotopic (exact) mass is 291 g/mol.